The lowest BCUT2D eigenvalue weighted by Crippen LogP contribution is -2.43. The SMILES string of the molecule is CC(C)(C)OC(=O)N1CCC(OC(=O)Cc2c[nH]c3ccccc23)CC1. The summed E-state index contributed by atoms with van der Waals surface area (Å²) in [4.78, 5) is 29.2. The molecule has 0 atom stereocenters. The molecule has 1 N–H and O–H groups in total. The Kier molecular flexibility index (Phi) is 5.20. The molecule has 1 aromatic heterocycles. The second-order valence-electron chi connectivity index (χ2n) is 7.69. The van der Waals surface area contributed by atoms with E-state index in [0.29, 0.717) is 25.9 Å². The first-order chi connectivity index (χ1) is 12.3. The van der Waals surface area contributed by atoms with Crippen molar-refractivity contribution in [2.45, 2.75) is 51.7 Å². The highest BCUT2D eigenvalue weighted by Gasteiger charge is 2.28. The van der Waals surface area contributed by atoms with E-state index < -0.39 is 5.60 Å². The van der Waals surface area contributed by atoms with Crippen LogP contribution in [0.1, 0.15) is 39.2 Å². The average Bonchev–Trinajstić information content (AvgIpc) is 2.97. The van der Waals surface area contributed by atoms with Gasteiger partial charge in [0, 0.05) is 43.0 Å². The Labute approximate surface area is 153 Å². The van der Waals surface area contributed by atoms with Crippen LogP contribution in [0.4, 0.5) is 4.79 Å². The average molecular weight is 358 g/mol. The maximum Gasteiger partial charge on any atom is 0.410 e. The number of hydrogen-bond acceptors (Lipinski definition) is 4. The van der Waals surface area contributed by atoms with Crippen LogP contribution in [0, 0.1) is 0 Å². The zero-order valence-electron chi connectivity index (χ0n) is 15.6. The van der Waals surface area contributed by atoms with Crippen LogP contribution in [-0.2, 0) is 20.7 Å². The summed E-state index contributed by atoms with van der Waals surface area (Å²) in [6, 6.07) is 7.89. The number of esters is 1. The Morgan fingerprint density at radius 2 is 1.88 bits per heavy atom. The van der Waals surface area contributed by atoms with Crippen LogP contribution in [0.5, 0.6) is 0 Å². The summed E-state index contributed by atoms with van der Waals surface area (Å²) in [5.41, 5.74) is 1.46. The van der Waals surface area contributed by atoms with Crippen molar-refractivity contribution in [2.75, 3.05) is 13.1 Å². The molecule has 2 heterocycles. The van der Waals surface area contributed by atoms with E-state index in [1.165, 1.54) is 0 Å². The Morgan fingerprint density at radius 3 is 2.58 bits per heavy atom. The molecule has 1 aliphatic rings. The summed E-state index contributed by atoms with van der Waals surface area (Å²) in [6.07, 6.45) is 2.93. The molecule has 1 fully saturated rings. The van der Waals surface area contributed by atoms with Crippen LogP contribution in [-0.4, -0.2) is 46.7 Å². The standard InChI is InChI=1S/C20H26N2O4/c1-20(2,3)26-19(24)22-10-8-15(9-11-22)25-18(23)12-14-13-21-17-7-5-4-6-16(14)17/h4-7,13,15,21H,8-12H2,1-3H3. The summed E-state index contributed by atoms with van der Waals surface area (Å²) in [5.74, 6) is -0.231. The Balaban J connectivity index is 1.48. The first kappa shape index (κ1) is 18.3. The third-order valence-corrected chi connectivity index (χ3v) is 4.40. The molecular formula is C20H26N2O4. The first-order valence-corrected chi connectivity index (χ1v) is 9.04. The third kappa shape index (κ3) is 4.56. The molecule has 0 saturated carbocycles. The highest BCUT2D eigenvalue weighted by molar-refractivity contribution is 5.87. The molecule has 6 heteroatoms. The normalized spacial score (nSPS) is 15.9. The second-order valence-corrected chi connectivity index (χ2v) is 7.69. The van der Waals surface area contributed by atoms with Crippen LogP contribution < -0.4 is 0 Å². The van der Waals surface area contributed by atoms with Gasteiger partial charge in [-0.25, -0.2) is 4.79 Å². The van der Waals surface area contributed by atoms with Gasteiger partial charge in [-0.2, -0.15) is 0 Å². The fourth-order valence-corrected chi connectivity index (χ4v) is 3.14. The highest BCUT2D eigenvalue weighted by Crippen LogP contribution is 2.21. The number of H-pyrrole nitrogens is 1. The lowest BCUT2D eigenvalue weighted by molar-refractivity contribution is -0.150. The van der Waals surface area contributed by atoms with Crippen molar-refractivity contribution in [3.05, 3.63) is 36.0 Å². The minimum Gasteiger partial charge on any atom is -0.462 e. The molecule has 6 nitrogen and oxygen atoms in total. The molecule has 1 saturated heterocycles. The van der Waals surface area contributed by atoms with Gasteiger partial charge in [-0.1, -0.05) is 18.2 Å². The molecular weight excluding hydrogens is 332 g/mol. The van der Waals surface area contributed by atoms with Crippen molar-refractivity contribution >= 4 is 23.0 Å². The Bertz CT molecular complexity index is 782. The molecule has 1 aromatic carbocycles. The van der Waals surface area contributed by atoms with E-state index in [-0.39, 0.29) is 24.6 Å². The second kappa shape index (κ2) is 7.40. The summed E-state index contributed by atoms with van der Waals surface area (Å²) in [5, 5.41) is 1.05. The zero-order chi connectivity index (χ0) is 18.7. The minimum absolute atomic E-state index is 0.147. The summed E-state index contributed by atoms with van der Waals surface area (Å²) in [7, 11) is 0. The number of rotatable bonds is 3. The van der Waals surface area contributed by atoms with Crippen molar-refractivity contribution in [3.8, 4) is 0 Å². The lowest BCUT2D eigenvalue weighted by Gasteiger charge is -2.33. The van der Waals surface area contributed by atoms with Gasteiger partial charge in [0.25, 0.3) is 0 Å². The van der Waals surface area contributed by atoms with Crippen molar-refractivity contribution in [3.63, 3.8) is 0 Å². The number of piperidine rings is 1. The molecule has 2 aromatic rings. The topological polar surface area (TPSA) is 71.6 Å². The predicted molar refractivity (Wildman–Crippen MR) is 98.9 cm³/mol. The fourth-order valence-electron chi connectivity index (χ4n) is 3.14. The van der Waals surface area contributed by atoms with Gasteiger partial charge in [-0.05, 0) is 32.4 Å². The van der Waals surface area contributed by atoms with E-state index in [4.69, 9.17) is 9.47 Å². The molecule has 0 bridgehead atoms. The zero-order valence-corrected chi connectivity index (χ0v) is 15.6. The van der Waals surface area contributed by atoms with Crippen LogP contribution in [0.3, 0.4) is 0 Å². The van der Waals surface area contributed by atoms with E-state index in [1.807, 2.05) is 51.2 Å². The number of hydrogen-bond donors (Lipinski definition) is 1. The van der Waals surface area contributed by atoms with Crippen molar-refractivity contribution < 1.29 is 19.1 Å². The van der Waals surface area contributed by atoms with Crippen LogP contribution in [0.15, 0.2) is 30.5 Å². The summed E-state index contributed by atoms with van der Waals surface area (Å²) >= 11 is 0. The van der Waals surface area contributed by atoms with E-state index in [1.54, 1.807) is 4.90 Å². The van der Waals surface area contributed by atoms with E-state index in [0.717, 1.165) is 16.5 Å². The van der Waals surface area contributed by atoms with Crippen LogP contribution in [0.2, 0.25) is 0 Å². The number of carbonyl (C=O) groups is 2. The summed E-state index contributed by atoms with van der Waals surface area (Å²) in [6.45, 7) is 6.64. The molecule has 0 spiro atoms. The monoisotopic (exact) mass is 358 g/mol. The third-order valence-electron chi connectivity index (χ3n) is 4.40. The van der Waals surface area contributed by atoms with Gasteiger partial charge in [-0.15, -0.1) is 0 Å². The van der Waals surface area contributed by atoms with Gasteiger partial charge in [-0.3, -0.25) is 4.79 Å². The maximum atomic E-state index is 12.3. The smallest absolute Gasteiger partial charge is 0.410 e. The molecule has 26 heavy (non-hydrogen) atoms. The van der Waals surface area contributed by atoms with E-state index in [9.17, 15) is 9.59 Å². The number of nitrogens with one attached hydrogen (secondary N) is 1. The van der Waals surface area contributed by atoms with Gasteiger partial charge >= 0.3 is 12.1 Å². The van der Waals surface area contributed by atoms with E-state index in [2.05, 4.69) is 4.98 Å². The molecule has 0 radical (unpaired) electrons. The van der Waals surface area contributed by atoms with Gasteiger partial charge < -0.3 is 19.4 Å². The number of fused-ring (bicyclic) bond motifs is 1. The molecule has 1 aliphatic heterocycles. The number of nitrogens with zero attached hydrogens (tertiary/aromatic N) is 1. The predicted octanol–water partition coefficient (Wildman–Crippen LogP) is 3.65. The van der Waals surface area contributed by atoms with Crippen molar-refractivity contribution in [1.29, 1.82) is 0 Å². The molecule has 0 unspecified atom stereocenters. The molecule has 140 valence electrons. The molecule has 0 aliphatic carbocycles. The van der Waals surface area contributed by atoms with Crippen LogP contribution >= 0.6 is 0 Å². The number of benzene rings is 1. The fraction of sp³-hybridized carbons (Fsp3) is 0.500. The number of carbonyl (C=O) groups excluding carboxylic acids is 2. The van der Waals surface area contributed by atoms with Crippen molar-refractivity contribution in [2.24, 2.45) is 0 Å². The van der Waals surface area contributed by atoms with Crippen LogP contribution in [0.25, 0.3) is 10.9 Å². The quantitative estimate of drug-likeness (QED) is 0.850. The molecule has 1 amide bonds. The van der Waals surface area contributed by atoms with Gasteiger partial charge in [0.15, 0.2) is 0 Å². The Morgan fingerprint density at radius 1 is 1.19 bits per heavy atom. The Hall–Kier alpha value is -2.50. The first-order valence-electron chi connectivity index (χ1n) is 9.04. The largest absolute Gasteiger partial charge is 0.462 e. The van der Waals surface area contributed by atoms with Gasteiger partial charge in [0.1, 0.15) is 11.7 Å². The number of para-hydroxylation sites is 1. The van der Waals surface area contributed by atoms with Crippen molar-refractivity contribution in [1.82, 2.24) is 9.88 Å². The minimum atomic E-state index is -0.500. The number of aromatic amines is 1. The lowest BCUT2D eigenvalue weighted by atomic mass is 10.1. The number of amides is 1. The number of aromatic nitrogens is 1. The number of likely N-dealkylation sites (tertiary alicyclic amines) is 1. The van der Waals surface area contributed by atoms with Gasteiger partial charge in [0.05, 0.1) is 6.42 Å². The maximum absolute atomic E-state index is 12.3. The van der Waals surface area contributed by atoms with E-state index >= 15 is 0 Å². The summed E-state index contributed by atoms with van der Waals surface area (Å²) < 4.78 is 11.0. The molecule has 3 rings (SSSR count). The highest BCUT2D eigenvalue weighted by atomic mass is 16.6. The van der Waals surface area contributed by atoms with Gasteiger partial charge in [0.2, 0.25) is 0 Å². The number of ether oxygens (including phenoxy) is 2.